The standard InChI is InChI=1S/C7H12N2O2/c1-2-3-7-11-9-5-4-6-10-8/h2-4H,6-8H2,1H3. The molecule has 0 saturated heterocycles. The molecule has 0 aromatic carbocycles. The predicted molar refractivity (Wildman–Crippen MR) is 42.9 cm³/mol. The van der Waals surface area contributed by atoms with Gasteiger partial charge in [-0.1, -0.05) is 6.08 Å². The number of nitrogens with two attached hydrogens (primary N) is 1. The van der Waals surface area contributed by atoms with Gasteiger partial charge in [-0.25, -0.2) is 5.90 Å². The SMILES string of the molecule is CC=CCON=C=CCON. The van der Waals surface area contributed by atoms with Crippen LogP contribution in [-0.4, -0.2) is 19.1 Å². The predicted octanol–water partition coefficient (Wildman–Crippen LogP) is 0.610. The molecule has 0 aliphatic rings. The lowest BCUT2D eigenvalue weighted by Crippen LogP contribution is -1.97. The zero-order valence-corrected chi connectivity index (χ0v) is 6.49. The molecule has 0 heterocycles. The number of hydrogen-bond acceptors (Lipinski definition) is 4. The van der Waals surface area contributed by atoms with Crippen molar-refractivity contribution in [1.82, 2.24) is 0 Å². The third-order valence-electron chi connectivity index (χ3n) is 0.795. The maximum atomic E-state index is 4.73. The van der Waals surface area contributed by atoms with Crippen molar-refractivity contribution in [2.75, 3.05) is 13.2 Å². The van der Waals surface area contributed by atoms with Gasteiger partial charge in [0.15, 0.2) is 0 Å². The average Bonchev–Trinajstić information content (AvgIpc) is 2.03. The van der Waals surface area contributed by atoms with Gasteiger partial charge in [0.2, 0.25) is 0 Å². The van der Waals surface area contributed by atoms with Crippen LogP contribution in [0.4, 0.5) is 0 Å². The molecular formula is C7H12N2O2. The zero-order chi connectivity index (χ0) is 8.36. The van der Waals surface area contributed by atoms with Crippen LogP contribution in [0.2, 0.25) is 0 Å². The molecule has 11 heavy (non-hydrogen) atoms. The first kappa shape index (κ1) is 9.91. The van der Waals surface area contributed by atoms with Gasteiger partial charge >= 0.3 is 0 Å². The summed E-state index contributed by atoms with van der Waals surface area (Å²) in [5.74, 6) is 7.21. The molecule has 0 unspecified atom stereocenters. The fraction of sp³-hybridized carbons (Fsp3) is 0.429. The first-order valence-corrected chi connectivity index (χ1v) is 3.24. The fourth-order valence-electron chi connectivity index (χ4n) is 0.336. The van der Waals surface area contributed by atoms with Gasteiger partial charge in [0.25, 0.3) is 0 Å². The molecule has 0 aromatic heterocycles. The van der Waals surface area contributed by atoms with Gasteiger partial charge in [-0.15, -0.1) is 0 Å². The highest BCUT2D eigenvalue weighted by atomic mass is 16.6. The highest BCUT2D eigenvalue weighted by Gasteiger charge is 1.71. The van der Waals surface area contributed by atoms with E-state index < -0.39 is 0 Å². The molecule has 0 radical (unpaired) electrons. The summed E-state index contributed by atoms with van der Waals surface area (Å²) in [6.45, 7) is 2.66. The van der Waals surface area contributed by atoms with E-state index in [4.69, 9.17) is 10.7 Å². The Morgan fingerprint density at radius 3 is 3.00 bits per heavy atom. The van der Waals surface area contributed by atoms with E-state index in [0.29, 0.717) is 6.61 Å². The number of allylic oxidation sites excluding steroid dienone is 1. The Labute approximate surface area is 65.9 Å². The highest BCUT2D eigenvalue weighted by Crippen LogP contribution is 1.75. The summed E-state index contributed by atoms with van der Waals surface area (Å²) in [6, 6.07) is 0. The summed E-state index contributed by atoms with van der Waals surface area (Å²) < 4.78 is 0. The first-order chi connectivity index (χ1) is 5.41. The summed E-state index contributed by atoms with van der Waals surface area (Å²) >= 11 is 0. The minimum atomic E-state index is 0.288. The van der Waals surface area contributed by atoms with Crippen LogP contribution in [0.1, 0.15) is 6.92 Å². The van der Waals surface area contributed by atoms with Crippen molar-refractivity contribution < 1.29 is 9.68 Å². The lowest BCUT2D eigenvalue weighted by molar-refractivity contribution is 0.166. The summed E-state index contributed by atoms with van der Waals surface area (Å²) in [4.78, 5) is 8.94. The second kappa shape index (κ2) is 8.91. The molecule has 62 valence electrons. The molecular weight excluding hydrogens is 144 g/mol. The van der Waals surface area contributed by atoms with Crippen LogP contribution in [0, 0.1) is 0 Å². The molecule has 0 amide bonds. The van der Waals surface area contributed by atoms with Gasteiger partial charge in [0.05, 0.1) is 6.61 Å². The van der Waals surface area contributed by atoms with E-state index in [1.54, 1.807) is 0 Å². The molecule has 0 aliphatic heterocycles. The normalized spacial score (nSPS) is 9.27. The Morgan fingerprint density at radius 2 is 2.36 bits per heavy atom. The fourth-order valence-corrected chi connectivity index (χ4v) is 0.336. The molecule has 0 atom stereocenters. The maximum absolute atomic E-state index is 4.73. The number of hydrogen-bond donors (Lipinski definition) is 1. The van der Waals surface area contributed by atoms with E-state index >= 15 is 0 Å². The molecule has 0 bridgehead atoms. The Morgan fingerprint density at radius 1 is 1.55 bits per heavy atom. The van der Waals surface area contributed by atoms with Crippen molar-refractivity contribution in [2.45, 2.75) is 6.92 Å². The molecule has 0 rings (SSSR count). The smallest absolute Gasteiger partial charge is 0.136 e. The highest BCUT2D eigenvalue weighted by molar-refractivity contribution is 5.50. The Kier molecular flexibility index (Phi) is 8.03. The summed E-state index contributed by atoms with van der Waals surface area (Å²) in [5, 5.41) is 3.45. The quantitative estimate of drug-likeness (QED) is 0.274. The van der Waals surface area contributed by atoms with Crippen molar-refractivity contribution in [2.24, 2.45) is 11.1 Å². The molecule has 0 saturated carbocycles. The van der Waals surface area contributed by atoms with Crippen LogP contribution in [0.3, 0.4) is 0 Å². The third kappa shape index (κ3) is 8.91. The van der Waals surface area contributed by atoms with Crippen molar-refractivity contribution in [1.29, 1.82) is 0 Å². The summed E-state index contributed by atoms with van der Waals surface area (Å²) in [6.07, 6.45) is 5.24. The van der Waals surface area contributed by atoms with E-state index in [1.807, 2.05) is 19.1 Å². The molecule has 0 spiro atoms. The van der Waals surface area contributed by atoms with E-state index in [-0.39, 0.29) is 6.61 Å². The second-order valence-electron chi connectivity index (χ2n) is 1.62. The van der Waals surface area contributed by atoms with Crippen LogP contribution in [0.25, 0.3) is 0 Å². The van der Waals surface area contributed by atoms with Gasteiger partial charge in [-0.05, 0) is 18.2 Å². The largest absolute Gasteiger partial charge is 0.384 e. The number of rotatable bonds is 5. The Hall–Kier alpha value is -1.09. The van der Waals surface area contributed by atoms with E-state index in [0.717, 1.165) is 0 Å². The van der Waals surface area contributed by atoms with Crippen LogP contribution in [0.5, 0.6) is 0 Å². The number of nitrogens with zero attached hydrogens (tertiary/aromatic N) is 1. The van der Waals surface area contributed by atoms with Gasteiger partial charge < -0.3 is 4.84 Å². The second-order valence-corrected chi connectivity index (χ2v) is 1.62. The third-order valence-corrected chi connectivity index (χ3v) is 0.795. The minimum Gasteiger partial charge on any atom is -0.384 e. The van der Waals surface area contributed by atoms with E-state index in [2.05, 4.69) is 15.9 Å². The van der Waals surface area contributed by atoms with Crippen LogP contribution in [0.15, 0.2) is 23.4 Å². The molecule has 0 aromatic rings. The average molecular weight is 156 g/mol. The van der Waals surface area contributed by atoms with E-state index in [1.165, 1.54) is 6.08 Å². The topological polar surface area (TPSA) is 56.8 Å². The molecule has 0 fully saturated rings. The van der Waals surface area contributed by atoms with Crippen molar-refractivity contribution in [3.8, 4) is 0 Å². The summed E-state index contributed by atoms with van der Waals surface area (Å²) in [7, 11) is 0. The van der Waals surface area contributed by atoms with Gasteiger partial charge in [0, 0.05) is 11.9 Å². The van der Waals surface area contributed by atoms with Crippen LogP contribution in [-0.2, 0) is 9.68 Å². The van der Waals surface area contributed by atoms with Gasteiger partial charge in [-0.3, -0.25) is 4.84 Å². The lowest BCUT2D eigenvalue weighted by atomic mass is 10.6. The van der Waals surface area contributed by atoms with Crippen LogP contribution < -0.4 is 5.90 Å². The van der Waals surface area contributed by atoms with Crippen LogP contribution >= 0.6 is 0 Å². The Balaban J connectivity index is 3.28. The van der Waals surface area contributed by atoms with Gasteiger partial charge in [-0.2, -0.15) is 0 Å². The molecule has 0 aliphatic carbocycles. The molecule has 2 N–H and O–H groups in total. The first-order valence-electron chi connectivity index (χ1n) is 3.24. The molecule has 4 heteroatoms. The lowest BCUT2D eigenvalue weighted by Gasteiger charge is -1.86. The Bertz CT molecular complexity index is 160. The molecule has 4 nitrogen and oxygen atoms in total. The van der Waals surface area contributed by atoms with Crippen molar-refractivity contribution in [3.05, 3.63) is 18.2 Å². The van der Waals surface area contributed by atoms with E-state index in [9.17, 15) is 0 Å². The van der Waals surface area contributed by atoms with Crippen molar-refractivity contribution in [3.63, 3.8) is 0 Å². The minimum absolute atomic E-state index is 0.288. The maximum Gasteiger partial charge on any atom is 0.136 e. The van der Waals surface area contributed by atoms with Gasteiger partial charge in [0.1, 0.15) is 6.61 Å². The van der Waals surface area contributed by atoms with Crippen molar-refractivity contribution >= 4 is 5.87 Å². The monoisotopic (exact) mass is 156 g/mol. The zero-order valence-electron chi connectivity index (χ0n) is 6.49. The summed E-state index contributed by atoms with van der Waals surface area (Å²) in [5.41, 5.74) is 0.